The lowest BCUT2D eigenvalue weighted by Crippen LogP contribution is -2.38. The van der Waals surface area contributed by atoms with Gasteiger partial charge in [-0.1, -0.05) is 13.8 Å². The number of rotatable bonds is 8. The average molecular weight is 561 g/mol. The number of likely N-dealkylation sites (tertiary alicyclic amines) is 1. The number of phenolic OH excluding ortho intramolecular Hbond substituents is 1. The van der Waals surface area contributed by atoms with Gasteiger partial charge in [0.25, 0.3) is 11.7 Å². The number of amides is 1. The molecule has 0 aromatic heterocycles. The van der Waals surface area contributed by atoms with Crippen LogP contribution in [0.3, 0.4) is 0 Å². The number of likely N-dealkylation sites (N-methyl/N-ethyl adjacent to an activating group) is 1. The minimum Gasteiger partial charge on any atom is -0.507 e. The number of hydrogen-bond donors (Lipinski definition) is 2. The SMILES string of the molecule is CCN(CC)CCN1C(=O)C(=O)/C(=C(\O)c2ccc3c(c2)OCCO3)C1c1cc(Br)c(O)c(OC)c1. The summed E-state index contributed by atoms with van der Waals surface area (Å²) in [5.41, 5.74) is 0.793. The molecule has 1 saturated heterocycles. The number of aliphatic hydroxyl groups excluding tert-OH is 1. The monoisotopic (exact) mass is 560 g/mol. The van der Waals surface area contributed by atoms with Crippen molar-refractivity contribution in [2.45, 2.75) is 19.9 Å². The molecule has 2 heterocycles. The number of hydrogen-bond acceptors (Lipinski definition) is 8. The van der Waals surface area contributed by atoms with Crippen LogP contribution in [0.15, 0.2) is 40.4 Å². The Morgan fingerprint density at radius 2 is 1.83 bits per heavy atom. The van der Waals surface area contributed by atoms with Gasteiger partial charge in [0.15, 0.2) is 23.0 Å². The van der Waals surface area contributed by atoms with E-state index in [1.807, 2.05) is 13.8 Å². The summed E-state index contributed by atoms with van der Waals surface area (Å²) in [6, 6.07) is 7.18. The number of ether oxygens (including phenoxy) is 3. The Morgan fingerprint density at radius 3 is 2.50 bits per heavy atom. The van der Waals surface area contributed by atoms with Crippen molar-refractivity contribution < 1.29 is 34.0 Å². The van der Waals surface area contributed by atoms with Crippen LogP contribution in [0.2, 0.25) is 0 Å². The first-order chi connectivity index (χ1) is 17.3. The molecular formula is C26H29BrN2O7. The van der Waals surface area contributed by atoms with Gasteiger partial charge in [0.2, 0.25) is 0 Å². The topological polar surface area (TPSA) is 109 Å². The molecule has 192 valence electrons. The molecule has 1 atom stereocenters. The maximum atomic E-state index is 13.3. The number of Topliss-reactive ketones (excluding diaryl/α,β-unsaturated/α-hetero) is 1. The molecule has 0 aliphatic carbocycles. The number of carbonyl (C=O) groups is 2. The van der Waals surface area contributed by atoms with E-state index in [4.69, 9.17) is 14.2 Å². The largest absolute Gasteiger partial charge is 0.507 e. The fraction of sp³-hybridized carbons (Fsp3) is 0.385. The van der Waals surface area contributed by atoms with Gasteiger partial charge in [0, 0.05) is 18.7 Å². The molecule has 0 bridgehead atoms. The number of aliphatic hydroxyl groups is 1. The molecule has 2 N–H and O–H groups in total. The number of phenols is 1. The molecule has 1 unspecified atom stereocenters. The zero-order valence-electron chi connectivity index (χ0n) is 20.4. The third-order valence-corrected chi connectivity index (χ3v) is 7.10. The molecule has 2 aromatic rings. The molecule has 10 heteroatoms. The van der Waals surface area contributed by atoms with Gasteiger partial charge < -0.3 is 34.2 Å². The van der Waals surface area contributed by atoms with Crippen LogP contribution in [0.5, 0.6) is 23.0 Å². The van der Waals surface area contributed by atoms with Crippen molar-refractivity contribution in [1.82, 2.24) is 9.80 Å². The van der Waals surface area contributed by atoms with Gasteiger partial charge in [-0.25, -0.2) is 0 Å². The van der Waals surface area contributed by atoms with Gasteiger partial charge in [-0.15, -0.1) is 0 Å². The summed E-state index contributed by atoms with van der Waals surface area (Å²) in [4.78, 5) is 30.2. The van der Waals surface area contributed by atoms with E-state index in [2.05, 4.69) is 20.8 Å². The van der Waals surface area contributed by atoms with E-state index >= 15 is 0 Å². The van der Waals surface area contributed by atoms with E-state index in [-0.39, 0.29) is 29.4 Å². The van der Waals surface area contributed by atoms with Crippen LogP contribution >= 0.6 is 15.9 Å². The smallest absolute Gasteiger partial charge is 0.295 e. The Labute approximate surface area is 218 Å². The highest BCUT2D eigenvalue weighted by Crippen LogP contribution is 2.45. The van der Waals surface area contributed by atoms with Gasteiger partial charge in [-0.2, -0.15) is 0 Å². The van der Waals surface area contributed by atoms with Gasteiger partial charge in [0.05, 0.1) is 23.2 Å². The van der Waals surface area contributed by atoms with Crippen molar-refractivity contribution in [3.8, 4) is 23.0 Å². The summed E-state index contributed by atoms with van der Waals surface area (Å²) < 4.78 is 16.8. The van der Waals surface area contributed by atoms with Crippen molar-refractivity contribution in [2.24, 2.45) is 0 Å². The van der Waals surface area contributed by atoms with E-state index in [1.165, 1.54) is 12.0 Å². The summed E-state index contributed by atoms with van der Waals surface area (Å²) in [5, 5.41) is 21.7. The number of nitrogens with zero attached hydrogens (tertiary/aromatic N) is 2. The van der Waals surface area contributed by atoms with Crippen molar-refractivity contribution in [3.63, 3.8) is 0 Å². The summed E-state index contributed by atoms with van der Waals surface area (Å²) >= 11 is 3.33. The third kappa shape index (κ3) is 4.75. The molecular weight excluding hydrogens is 532 g/mol. The molecule has 0 saturated carbocycles. The highest BCUT2D eigenvalue weighted by molar-refractivity contribution is 9.10. The van der Waals surface area contributed by atoms with Crippen LogP contribution in [0.25, 0.3) is 5.76 Å². The predicted molar refractivity (Wildman–Crippen MR) is 137 cm³/mol. The van der Waals surface area contributed by atoms with Gasteiger partial charge in [0.1, 0.15) is 19.0 Å². The number of fused-ring (bicyclic) bond motifs is 1. The van der Waals surface area contributed by atoms with E-state index < -0.39 is 17.7 Å². The van der Waals surface area contributed by atoms with Crippen molar-refractivity contribution in [3.05, 3.63) is 51.5 Å². The van der Waals surface area contributed by atoms with Crippen LogP contribution < -0.4 is 14.2 Å². The first kappa shape index (κ1) is 25.8. The van der Waals surface area contributed by atoms with Crippen LogP contribution in [-0.2, 0) is 9.59 Å². The van der Waals surface area contributed by atoms with Gasteiger partial charge in [-0.3, -0.25) is 9.59 Å². The van der Waals surface area contributed by atoms with Crippen LogP contribution in [0, 0.1) is 0 Å². The van der Waals surface area contributed by atoms with E-state index in [0.717, 1.165) is 13.1 Å². The Bertz CT molecular complexity index is 1210. The molecule has 0 radical (unpaired) electrons. The average Bonchev–Trinajstić information content (AvgIpc) is 3.15. The number of methoxy groups -OCH3 is 1. The summed E-state index contributed by atoms with van der Waals surface area (Å²) in [7, 11) is 1.41. The Balaban J connectivity index is 1.85. The third-order valence-electron chi connectivity index (χ3n) is 6.49. The second-order valence-electron chi connectivity index (χ2n) is 8.43. The van der Waals surface area contributed by atoms with Crippen LogP contribution in [-0.4, -0.2) is 78.2 Å². The molecule has 9 nitrogen and oxygen atoms in total. The van der Waals surface area contributed by atoms with Gasteiger partial charge >= 0.3 is 0 Å². The molecule has 0 spiro atoms. The normalized spacial score (nSPS) is 18.7. The number of benzene rings is 2. The molecule has 36 heavy (non-hydrogen) atoms. The van der Waals surface area contributed by atoms with E-state index in [9.17, 15) is 19.8 Å². The standard InChI is InChI=1S/C26H29BrN2O7/c1-4-28(5-2)8-9-29-22(16-12-17(27)24(31)20(14-16)34-3)21(25(32)26(29)33)23(30)15-6-7-18-19(13-15)36-11-10-35-18/h6-7,12-14,22,30-31H,4-5,8-11H2,1-3H3/b23-21-. The van der Waals surface area contributed by atoms with Crippen molar-refractivity contribution in [2.75, 3.05) is 46.5 Å². The minimum atomic E-state index is -0.889. The molecule has 4 rings (SSSR count). The highest BCUT2D eigenvalue weighted by Gasteiger charge is 2.46. The second kappa shape index (κ2) is 10.8. The summed E-state index contributed by atoms with van der Waals surface area (Å²) in [6.07, 6.45) is 0. The lowest BCUT2D eigenvalue weighted by Gasteiger charge is -2.28. The number of aromatic hydroxyl groups is 1. The van der Waals surface area contributed by atoms with Crippen LogP contribution in [0.4, 0.5) is 0 Å². The predicted octanol–water partition coefficient (Wildman–Crippen LogP) is 3.70. The highest BCUT2D eigenvalue weighted by atomic mass is 79.9. The summed E-state index contributed by atoms with van der Waals surface area (Å²) in [6.45, 7) is 7.26. The molecule has 1 fully saturated rings. The first-order valence-corrected chi connectivity index (χ1v) is 12.6. The summed E-state index contributed by atoms with van der Waals surface area (Å²) in [5.74, 6) is -0.734. The number of halogens is 1. The van der Waals surface area contributed by atoms with Crippen LogP contribution in [0.1, 0.15) is 31.0 Å². The van der Waals surface area contributed by atoms with E-state index in [0.29, 0.717) is 46.9 Å². The Hall–Kier alpha value is -3.24. The van der Waals surface area contributed by atoms with Crippen molar-refractivity contribution in [1.29, 1.82) is 0 Å². The fourth-order valence-electron chi connectivity index (χ4n) is 4.50. The van der Waals surface area contributed by atoms with E-state index in [1.54, 1.807) is 30.3 Å². The maximum absolute atomic E-state index is 13.3. The number of carbonyl (C=O) groups excluding carboxylic acids is 2. The molecule has 1 amide bonds. The van der Waals surface area contributed by atoms with Gasteiger partial charge in [-0.05, 0) is 64.9 Å². The molecule has 2 aromatic carbocycles. The Kier molecular flexibility index (Phi) is 7.75. The minimum absolute atomic E-state index is 0.0455. The lowest BCUT2D eigenvalue weighted by molar-refractivity contribution is -0.140. The second-order valence-corrected chi connectivity index (χ2v) is 9.29. The quantitative estimate of drug-likeness (QED) is 0.286. The Morgan fingerprint density at radius 1 is 1.14 bits per heavy atom. The number of ketones is 1. The molecule has 2 aliphatic heterocycles. The fourth-order valence-corrected chi connectivity index (χ4v) is 4.96. The maximum Gasteiger partial charge on any atom is 0.295 e. The molecule has 2 aliphatic rings. The zero-order valence-corrected chi connectivity index (χ0v) is 22.0. The lowest BCUT2D eigenvalue weighted by atomic mass is 9.94. The van der Waals surface area contributed by atoms with Crippen molar-refractivity contribution >= 4 is 33.4 Å². The first-order valence-electron chi connectivity index (χ1n) is 11.8. The zero-order chi connectivity index (χ0) is 26.0.